The molecule has 1 heterocycles. The van der Waals surface area contributed by atoms with Crippen LogP contribution in [0, 0.1) is 0 Å². The first-order valence-electron chi connectivity index (χ1n) is 7.17. The van der Waals surface area contributed by atoms with Crippen LogP contribution in [0.25, 0.3) is 5.69 Å². The van der Waals surface area contributed by atoms with Gasteiger partial charge in [0.1, 0.15) is 0 Å². The molecule has 0 saturated carbocycles. The van der Waals surface area contributed by atoms with Crippen LogP contribution in [0.2, 0.25) is 0 Å². The van der Waals surface area contributed by atoms with Gasteiger partial charge < -0.3 is 10.1 Å². The van der Waals surface area contributed by atoms with E-state index in [0.29, 0.717) is 19.6 Å². The van der Waals surface area contributed by atoms with E-state index in [1.807, 2.05) is 50.4 Å². The van der Waals surface area contributed by atoms with Crippen molar-refractivity contribution >= 4 is 5.91 Å². The van der Waals surface area contributed by atoms with Gasteiger partial charge in [-0.2, -0.15) is 5.10 Å². The second kappa shape index (κ2) is 7.59. The van der Waals surface area contributed by atoms with Crippen LogP contribution >= 0.6 is 0 Å². The van der Waals surface area contributed by atoms with Gasteiger partial charge in [-0.25, -0.2) is 4.68 Å². The maximum Gasteiger partial charge on any atom is 0.222 e. The maximum absolute atomic E-state index is 11.8. The Bertz CT molecular complexity index is 549. The molecular weight excluding hydrogens is 266 g/mol. The SMILES string of the molecule is CCOCCC(=O)N[C@@H](C)c1ccc(-n2cccn2)cc1. The van der Waals surface area contributed by atoms with Gasteiger partial charge in [-0.3, -0.25) is 4.79 Å². The van der Waals surface area contributed by atoms with Crippen molar-refractivity contribution in [3.05, 3.63) is 48.3 Å². The van der Waals surface area contributed by atoms with E-state index in [2.05, 4.69) is 10.4 Å². The van der Waals surface area contributed by atoms with Gasteiger partial charge >= 0.3 is 0 Å². The minimum absolute atomic E-state index is 0.00658. The molecule has 1 N–H and O–H groups in total. The topological polar surface area (TPSA) is 56.1 Å². The van der Waals surface area contributed by atoms with Crippen molar-refractivity contribution in [3.8, 4) is 5.69 Å². The molecule has 0 unspecified atom stereocenters. The van der Waals surface area contributed by atoms with E-state index in [1.165, 1.54) is 0 Å². The first-order valence-corrected chi connectivity index (χ1v) is 7.17. The molecule has 0 aliphatic carbocycles. The number of aromatic nitrogens is 2. The largest absolute Gasteiger partial charge is 0.381 e. The summed E-state index contributed by atoms with van der Waals surface area (Å²) >= 11 is 0. The van der Waals surface area contributed by atoms with E-state index in [9.17, 15) is 4.79 Å². The number of amides is 1. The number of rotatable bonds is 7. The zero-order valence-electron chi connectivity index (χ0n) is 12.5. The third-order valence-corrected chi connectivity index (χ3v) is 3.22. The molecule has 5 heteroatoms. The van der Waals surface area contributed by atoms with Gasteiger partial charge in [0.05, 0.1) is 18.3 Å². The molecule has 0 fully saturated rings. The van der Waals surface area contributed by atoms with Crippen molar-refractivity contribution in [2.45, 2.75) is 26.3 Å². The van der Waals surface area contributed by atoms with Gasteiger partial charge in [-0.1, -0.05) is 12.1 Å². The van der Waals surface area contributed by atoms with E-state index in [0.717, 1.165) is 11.3 Å². The third kappa shape index (κ3) is 4.43. The number of hydrogen-bond donors (Lipinski definition) is 1. The molecular formula is C16H21N3O2. The highest BCUT2D eigenvalue weighted by Crippen LogP contribution is 2.15. The lowest BCUT2D eigenvalue weighted by Crippen LogP contribution is -2.27. The number of nitrogens with one attached hydrogen (secondary N) is 1. The third-order valence-electron chi connectivity index (χ3n) is 3.22. The van der Waals surface area contributed by atoms with Crippen molar-refractivity contribution < 1.29 is 9.53 Å². The number of ether oxygens (including phenoxy) is 1. The average molecular weight is 287 g/mol. The Morgan fingerprint density at radius 3 is 2.76 bits per heavy atom. The molecule has 0 spiro atoms. The number of hydrogen-bond acceptors (Lipinski definition) is 3. The molecule has 112 valence electrons. The molecule has 0 aliphatic heterocycles. The van der Waals surface area contributed by atoms with Crippen molar-refractivity contribution in [1.82, 2.24) is 15.1 Å². The number of carbonyl (C=O) groups is 1. The zero-order valence-corrected chi connectivity index (χ0v) is 12.5. The molecule has 0 saturated heterocycles. The standard InChI is InChI=1S/C16H21N3O2/c1-3-21-12-9-16(20)18-13(2)14-5-7-15(8-6-14)19-11-4-10-17-19/h4-8,10-11,13H,3,9,12H2,1-2H3,(H,18,20)/t13-/m0/s1. The molecule has 2 rings (SSSR count). The minimum atomic E-state index is -0.0224. The van der Waals surface area contributed by atoms with E-state index < -0.39 is 0 Å². The van der Waals surface area contributed by atoms with E-state index >= 15 is 0 Å². The summed E-state index contributed by atoms with van der Waals surface area (Å²) in [7, 11) is 0. The van der Waals surface area contributed by atoms with Gasteiger partial charge in [0.15, 0.2) is 0 Å². The lowest BCUT2D eigenvalue weighted by atomic mass is 10.1. The molecule has 5 nitrogen and oxygen atoms in total. The zero-order chi connectivity index (χ0) is 15.1. The monoisotopic (exact) mass is 287 g/mol. The van der Waals surface area contributed by atoms with Crippen molar-refractivity contribution in [2.75, 3.05) is 13.2 Å². The van der Waals surface area contributed by atoms with Gasteiger partial charge in [0, 0.05) is 25.4 Å². The van der Waals surface area contributed by atoms with Gasteiger partial charge in [-0.15, -0.1) is 0 Å². The van der Waals surface area contributed by atoms with Crippen LogP contribution in [0.5, 0.6) is 0 Å². The molecule has 21 heavy (non-hydrogen) atoms. The van der Waals surface area contributed by atoms with Crippen LogP contribution in [-0.2, 0) is 9.53 Å². The second-order valence-corrected chi connectivity index (χ2v) is 4.78. The molecule has 1 aromatic heterocycles. The summed E-state index contributed by atoms with van der Waals surface area (Å²) in [4.78, 5) is 11.8. The molecule has 0 aliphatic rings. The summed E-state index contributed by atoms with van der Waals surface area (Å²) in [6, 6.07) is 9.85. The van der Waals surface area contributed by atoms with Crippen molar-refractivity contribution in [1.29, 1.82) is 0 Å². The highest BCUT2D eigenvalue weighted by molar-refractivity contribution is 5.76. The van der Waals surface area contributed by atoms with E-state index in [-0.39, 0.29) is 11.9 Å². The first kappa shape index (κ1) is 15.3. The Balaban J connectivity index is 1.90. The fourth-order valence-corrected chi connectivity index (χ4v) is 2.04. The van der Waals surface area contributed by atoms with Gasteiger partial charge in [0.25, 0.3) is 0 Å². The molecule has 0 radical (unpaired) electrons. The summed E-state index contributed by atoms with van der Waals surface area (Å²) in [6.07, 6.45) is 4.03. The normalized spacial score (nSPS) is 12.1. The van der Waals surface area contributed by atoms with Crippen LogP contribution in [0.4, 0.5) is 0 Å². The number of benzene rings is 1. The molecule has 1 atom stereocenters. The Labute approximate surface area is 124 Å². The molecule has 0 bridgehead atoms. The van der Waals surface area contributed by atoms with E-state index in [1.54, 1.807) is 10.9 Å². The lowest BCUT2D eigenvalue weighted by Gasteiger charge is -2.15. The summed E-state index contributed by atoms with van der Waals surface area (Å²) in [6.45, 7) is 4.99. The quantitative estimate of drug-likeness (QED) is 0.796. The fourth-order valence-electron chi connectivity index (χ4n) is 2.04. The summed E-state index contributed by atoms with van der Waals surface area (Å²) in [5.41, 5.74) is 2.06. The van der Waals surface area contributed by atoms with Crippen LogP contribution in [0.1, 0.15) is 31.9 Å². The molecule has 1 aromatic carbocycles. The number of nitrogens with zero attached hydrogens (tertiary/aromatic N) is 2. The van der Waals surface area contributed by atoms with Crippen LogP contribution in [-0.4, -0.2) is 28.9 Å². The van der Waals surface area contributed by atoms with Crippen molar-refractivity contribution in [2.24, 2.45) is 0 Å². The Kier molecular flexibility index (Phi) is 5.51. The maximum atomic E-state index is 11.8. The van der Waals surface area contributed by atoms with Crippen LogP contribution < -0.4 is 5.32 Å². The minimum Gasteiger partial charge on any atom is -0.381 e. The first-order chi connectivity index (χ1) is 10.2. The second-order valence-electron chi connectivity index (χ2n) is 4.78. The van der Waals surface area contributed by atoms with Crippen LogP contribution in [0.15, 0.2) is 42.7 Å². The Morgan fingerprint density at radius 1 is 1.38 bits per heavy atom. The average Bonchev–Trinajstić information content (AvgIpc) is 3.02. The summed E-state index contributed by atoms with van der Waals surface area (Å²) in [5.74, 6) is 0.00658. The summed E-state index contributed by atoms with van der Waals surface area (Å²) in [5, 5.41) is 7.15. The fraction of sp³-hybridized carbons (Fsp3) is 0.375. The highest BCUT2D eigenvalue weighted by Gasteiger charge is 2.09. The number of carbonyl (C=O) groups excluding carboxylic acids is 1. The summed E-state index contributed by atoms with van der Waals surface area (Å²) < 4.78 is 6.98. The predicted molar refractivity (Wildman–Crippen MR) is 81.2 cm³/mol. The molecule has 1 amide bonds. The van der Waals surface area contributed by atoms with Crippen molar-refractivity contribution in [3.63, 3.8) is 0 Å². The Morgan fingerprint density at radius 2 is 2.14 bits per heavy atom. The Hall–Kier alpha value is -2.14. The van der Waals surface area contributed by atoms with E-state index in [4.69, 9.17) is 4.74 Å². The highest BCUT2D eigenvalue weighted by atomic mass is 16.5. The van der Waals surface area contributed by atoms with Gasteiger partial charge in [0.2, 0.25) is 5.91 Å². The smallest absolute Gasteiger partial charge is 0.222 e. The van der Waals surface area contributed by atoms with Gasteiger partial charge in [-0.05, 0) is 37.6 Å². The molecule has 2 aromatic rings. The lowest BCUT2D eigenvalue weighted by molar-refractivity contribution is -0.122. The predicted octanol–water partition coefficient (Wildman–Crippen LogP) is 2.48. The van der Waals surface area contributed by atoms with Crippen LogP contribution in [0.3, 0.4) is 0 Å².